The van der Waals surface area contributed by atoms with E-state index < -0.39 is 14.9 Å². The summed E-state index contributed by atoms with van der Waals surface area (Å²) in [6, 6.07) is 12.9. The van der Waals surface area contributed by atoms with Crippen molar-refractivity contribution < 1.29 is 18.1 Å². The van der Waals surface area contributed by atoms with Gasteiger partial charge in [0, 0.05) is 51.0 Å². The minimum atomic E-state index is -3.56. The van der Waals surface area contributed by atoms with Gasteiger partial charge in [0.15, 0.2) is 0 Å². The molecule has 2 saturated heterocycles. The summed E-state index contributed by atoms with van der Waals surface area (Å²) in [5, 5.41) is 11.5. The van der Waals surface area contributed by atoms with E-state index in [-0.39, 0.29) is 22.1 Å². The standard InChI is InChI=1S/C21H24N4O5S/c26-21(23-10-4-5-11-23)19-16-17(8-9-20(19)25(27)28)22-12-14-24(15-13-22)31(29,30)18-6-2-1-3-7-18/h1-3,6-9,16H,4-5,10-15H2. The third-order valence-corrected chi connectivity index (χ3v) is 7.70. The second-order valence-corrected chi connectivity index (χ2v) is 9.60. The van der Waals surface area contributed by atoms with Gasteiger partial charge in [-0.05, 0) is 37.1 Å². The van der Waals surface area contributed by atoms with E-state index in [1.165, 1.54) is 10.4 Å². The van der Waals surface area contributed by atoms with Crippen LogP contribution in [0.2, 0.25) is 0 Å². The lowest BCUT2D eigenvalue weighted by Gasteiger charge is -2.35. The van der Waals surface area contributed by atoms with Crippen LogP contribution in [0, 0.1) is 10.1 Å². The number of carbonyl (C=O) groups is 1. The van der Waals surface area contributed by atoms with Gasteiger partial charge in [-0.25, -0.2) is 8.42 Å². The number of carbonyl (C=O) groups excluding carboxylic acids is 1. The third kappa shape index (κ3) is 4.26. The van der Waals surface area contributed by atoms with E-state index in [1.54, 1.807) is 47.4 Å². The summed E-state index contributed by atoms with van der Waals surface area (Å²) in [6.45, 7) is 2.67. The largest absolute Gasteiger partial charge is 0.369 e. The Morgan fingerprint density at radius 2 is 1.55 bits per heavy atom. The van der Waals surface area contributed by atoms with Crippen LogP contribution in [-0.4, -0.2) is 67.7 Å². The molecule has 164 valence electrons. The maximum Gasteiger partial charge on any atom is 0.282 e. The Morgan fingerprint density at radius 1 is 0.903 bits per heavy atom. The molecule has 2 aromatic rings. The molecule has 31 heavy (non-hydrogen) atoms. The smallest absolute Gasteiger partial charge is 0.282 e. The fraction of sp³-hybridized carbons (Fsp3) is 0.381. The first-order valence-electron chi connectivity index (χ1n) is 10.3. The van der Waals surface area contributed by atoms with E-state index in [4.69, 9.17) is 0 Å². The number of sulfonamides is 1. The highest BCUT2D eigenvalue weighted by atomic mass is 32.2. The van der Waals surface area contributed by atoms with Crippen molar-refractivity contribution in [2.24, 2.45) is 0 Å². The molecule has 2 aromatic carbocycles. The molecule has 9 nitrogen and oxygen atoms in total. The normalized spacial score (nSPS) is 17.7. The van der Waals surface area contributed by atoms with Crippen molar-refractivity contribution in [3.05, 3.63) is 64.2 Å². The Balaban J connectivity index is 1.52. The summed E-state index contributed by atoms with van der Waals surface area (Å²) in [6.07, 6.45) is 1.80. The molecule has 0 aromatic heterocycles. The molecule has 0 bridgehead atoms. The summed E-state index contributed by atoms with van der Waals surface area (Å²) in [5.74, 6) is -0.323. The van der Waals surface area contributed by atoms with Crippen molar-refractivity contribution >= 4 is 27.3 Å². The van der Waals surface area contributed by atoms with E-state index in [1.807, 2.05) is 4.90 Å². The van der Waals surface area contributed by atoms with Crippen molar-refractivity contribution in [3.63, 3.8) is 0 Å². The number of likely N-dealkylation sites (tertiary alicyclic amines) is 1. The van der Waals surface area contributed by atoms with Crippen LogP contribution in [0.4, 0.5) is 11.4 Å². The molecule has 0 spiro atoms. The van der Waals surface area contributed by atoms with Gasteiger partial charge in [0.25, 0.3) is 11.6 Å². The van der Waals surface area contributed by atoms with Crippen LogP contribution >= 0.6 is 0 Å². The average Bonchev–Trinajstić information content (AvgIpc) is 3.34. The van der Waals surface area contributed by atoms with Crippen molar-refractivity contribution in [1.29, 1.82) is 0 Å². The van der Waals surface area contributed by atoms with Crippen LogP contribution in [0.15, 0.2) is 53.4 Å². The molecule has 1 amide bonds. The van der Waals surface area contributed by atoms with Gasteiger partial charge in [-0.1, -0.05) is 18.2 Å². The Morgan fingerprint density at radius 3 is 2.16 bits per heavy atom. The molecule has 2 heterocycles. The topological polar surface area (TPSA) is 104 Å². The van der Waals surface area contributed by atoms with Crippen molar-refractivity contribution in [3.8, 4) is 0 Å². The number of piperazine rings is 1. The number of amides is 1. The molecule has 0 unspecified atom stereocenters. The molecule has 0 saturated carbocycles. The van der Waals surface area contributed by atoms with Crippen LogP contribution < -0.4 is 4.90 Å². The fourth-order valence-electron chi connectivity index (χ4n) is 4.07. The van der Waals surface area contributed by atoms with E-state index >= 15 is 0 Å². The van der Waals surface area contributed by atoms with Crippen molar-refractivity contribution in [2.45, 2.75) is 17.7 Å². The van der Waals surface area contributed by atoms with Crippen LogP contribution in [0.5, 0.6) is 0 Å². The Labute approximate surface area is 181 Å². The number of nitro groups is 1. The molecule has 0 atom stereocenters. The van der Waals surface area contributed by atoms with Crippen molar-refractivity contribution in [2.75, 3.05) is 44.2 Å². The highest BCUT2D eigenvalue weighted by Gasteiger charge is 2.31. The van der Waals surface area contributed by atoms with Gasteiger partial charge in [-0.2, -0.15) is 4.31 Å². The van der Waals surface area contributed by atoms with E-state index in [0.717, 1.165) is 12.8 Å². The summed E-state index contributed by atoms with van der Waals surface area (Å²) in [4.78, 5) is 27.7. The molecule has 10 heteroatoms. The average molecular weight is 445 g/mol. The van der Waals surface area contributed by atoms with Gasteiger partial charge in [0.05, 0.1) is 9.82 Å². The molecule has 2 aliphatic rings. The fourth-order valence-corrected chi connectivity index (χ4v) is 5.51. The Hall–Kier alpha value is -2.98. The molecule has 0 N–H and O–H groups in total. The van der Waals surface area contributed by atoms with Gasteiger partial charge < -0.3 is 9.80 Å². The first kappa shape index (κ1) is 21.3. The second-order valence-electron chi connectivity index (χ2n) is 7.66. The van der Waals surface area contributed by atoms with Crippen LogP contribution in [0.25, 0.3) is 0 Å². The van der Waals surface area contributed by atoms with Gasteiger partial charge in [0.1, 0.15) is 5.56 Å². The van der Waals surface area contributed by atoms with E-state index in [2.05, 4.69) is 0 Å². The summed E-state index contributed by atoms with van der Waals surface area (Å²) in [7, 11) is -3.56. The summed E-state index contributed by atoms with van der Waals surface area (Å²) >= 11 is 0. The number of rotatable bonds is 5. The Bertz CT molecular complexity index is 1080. The molecular weight excluding hydrogens is 420 g/mol. The highest BCUT2D eigenvalue weighted by molar-refractivity contribution is 7.89. The zero-order chi connectivity index (χ0) is 22.0. The number of nitrogens with zero attached hydrogens (tertiary/aromatic N) is 4. The SMILES string of the molecule is O=C(c1cc(N2CCN(S(=O)(=O)c3ccccc3)CC2)ccc1[N+](=O)[O-])N1CCCC1. The lowest BCUT2D eigenvalue weighted by molar-refractivity contribution is -0.385. The lowest BCUT2D eigenvalue weighted by atomic mass is 10.1. The lowest BCUT2D eigenvalue weighted by Crippen LogP contribution is -2.48. The minimum Gasteiger partial charge on any atom is -0.369 e. The molecule has 4 rings (SSSR count). The quantitative estimate of drug-likeness (QED) is 0.518. The maximum atomic E-state index is 12.9. The molecule has 0 aliphatic carbocycles. The first-order valence-corrected chi connectivity index (χ1v) is 11.7. The van der Waals surface area contributed by atoms with Crippen LogP contribution in [-0.2, 0) is 10.0 Å². The molecule has 0 radical (unpaired) electrons. The predicted octanol–water partition coefficient (Wildman–Crippen LogP) is 2.34. The van der Waals surface area contributed by atoms with Gasteiger partial charge in [0.2, 0.25) is 10.0 Å². The summed E-state index contributed by atoms with van der Waals surface area (Å²) < 4.78 is 27.1. The zero-order valence-corrected chi connectivity index (χ0v) is 17.8. The number of hydrogen-bond acceptors (Lipinski definition) is 6. The number of anilines is 1. The zero-order valence-electron chi connectivity index (χ0n) is 17.0. The van der Waals surface area contributed by atoms with Crippen LogP contribution in [0.3, 0.4) is 0 Å². The van der Waals surface area contributed by atoms with Crippen molar-refractivity contribution in [1.82, 2.24) is 9.21 Å². The highest BCUT2D eigenvalue weighted by Crippen LogP contribution is 2.29. The predicted molar refractivity (Wildman–Crippen MR) is 116 cm³/mol. The van der Waals surface area contributed by atoms with Gasteiger partial charge >= 0.3 is 0 Å². The molecule has 2 fully saturated rings. The molecular formula is C21H24N4O5S. The summed E-state index contributed by atoms with van der Waals surface area (Å²) in [5.41, 5.74) is 0.569. The van der Waals surface area contributed by atoms with E-state index in [9.17, 15) is 23.3 Å². The maximum absolute atomic E-state index is 12.9. The van der Waals surface area contributed by atoms with Crippen LogP contribution in [0.1, 0.15) is 23.2 Å². The Kier molecular flexibility index (Phi) is 5.92. The third-order valence-electron chi connectivity index (χ3n) is 5.79. The van der Waals surface area contributed by atoms with Gasteiger partial charge in [-0.15, -0.1) is 0 Å². The first-order chi connectivity index (χ1) is 14.9. The number of benzene rings is 2. The molecule has 2 aliphatic heterocycles. The number of hydrogen-bond donors (Lipinski definition) is 0. The minimum absolute atomic E-state index is 0.0868. The van der Waals surface area contributed by atoms with Gasteiger partial charge in [-0.3, -0.25) is 14.9 Å². The monoisotopic (exact) mass is 444 g/mol. The van der Waals surface area contributed by atoms with E-state index in [0.29, 0.717) is 45.0 Å². The number of nitro benzene ring substituents is 1. The second kappa shape index (κ2) is 8.64.